The average Bonchev–Trinajstić information content (AvgIpc) is 2.30. The quantitative estimate of drug-likeness (QED) is 0.454. The first-order chi connectivity index (χ1) is 8.45. The van der Waals surface area contributed by atoms with Crippen molar-refractivity contribution in [2.45, 2.75) is 19.3 Å². The van der Waals surface area contributed by atoms with E-state index in [4.69, 9.17) is 15.6 Å². The fourth-order valence-corrected chi connectivity index (χ4v) is 1.36. The maximum Gasteiger partial charge on any atom is 0.320 e. The largest absolute Gasteiger partial charge is 0.480 e. The van der Waals surface area contributed by atoms with E-state index < -0.39 is 23.8 Å². The molecule has 1 unspecified atom stereocenters. The van der Waals surface area contributed by atoms with Crippen LogP contribution < -0.4 is 10.5 Å². The highest BCUT2D eigenvalue weighted by atomic mass is 16.5. The molecule has 0 spiro atoms. The number of ether oxygens (including phenoxy) is 1. The van der Waals surface area contributed by atoms with Gasteiger partial charge in [-0.2, -0.15) is 0 Å². The van der Waals surface area contributed by atoms with Crippen LogP contribution in [0.2, 0.25) is 0 Å². The molecule has 18 heavy (non-hydrogen) atoms. The molecule has 0 saturated heterocycles. The Labute approximate surface area is 103 Å². The number of carboxylic acids is 1. The number of carbonyl (C=O) groups is 3. The minimum atomic E-state index is -1.40. The molecule has 1 amide bonds. The first-order valence-electron chi connectivity index (χ1n) is 5.28. The molecule has 0 bridgehead atoms. The van der Waals surface area contributed by atoms with Gasteiger partial charge in [0.15, 0.2) is 5.92 Å². The number of nitrogens with two attached hydrogens (primary N) is 1. The molecule has 0 aliphatic rings. The molecular weight excluding hydrogens is 238 g/mol. The highest BCUT2D eigenvalue weighted by Gasteiger charge is 2.25. The summed E-state index contributed by atoms with van der Waals surface area (Å²) in [4.78, 5) is 32.9. The van der Waals surface area contributed by atoms with E-state index in [0.717, 1.165) is 0 Å². The third-order valence-corrected chi connectivity index (χ3v) is 2.27. The Morgan fingerprint density at radius 2 is 1.83 bits per heavy atom. The van der Waals surface area contributed by atoms with Gasteiger partial charge in [0.25, 0.3) is 0 Å². The van der Waals surface area contributed by atoms with Gasteiger partial charge in [0.05, 0.1) is 0 Å². The van der Waals surface area contributed by atoms with E-state index in [-0.39, 0.29) is 12.0 Å². The summed E-state index contributed by atoms with van der Waals surface area (Å²) < 4.78 is 4.92. The van der Waals surface area contributed by atoms with Gasteiger partial charge in [-0.05, 0) is 17.7 Å². The minimum absolute atomic E-state index is 0.237. The number of esters is 1. The van der Waals surface area contributed by atoms with E-state index in [1.165, 1.54) is 24.3 Å². The second-order valence-corrected chi connectivity index (χ2v) is 3.57. The van der Waals surface area contributed by atoms with Crippen molar-refractivity contribution < 1.29 is 24.2 Å². The SMILES string of the molecule is CCC(=O)Oc1ccc(C(C(N)=O)C(=O)O)cc1. The van der Waals surface area contributed by atoms with Crippen molar-refractivity contribution in [3.8, 4) is 5.75 Å². The molecule has 1 rings (SSSR count). The van der Waals surface area contributed by atoms with Gasteiger partial charge in [0, 0.05) is 6.42 Å². The molecule has 6 heteroatoms. The van der Waals surface area contributed by atoms with Crippen LogP contribution in [0.15, 0.2) is 24.3 Å². The van der Waals surface area contributed by atoms with Crippen LogP contribution in [0.1, 0.15) is 24.8 Å². The molecule has 0 aliphatic carbocycles. The Morgan fingerprint density at radius 1 is 1.28 bits per heavy atom. The molecule has 1 aromatic rings. The highest BCUT2D eigenvalue weighted by molar-refractivity contribution is 6.01. The summed E-state index contributed by atoms with van der Waals surface area (Å²) >= 11 is 0. The van der Waals surface area contributed by atoms with Gasteiger partial charge in [0.2, 0.25) is 5.91 Å². The van der Waals surface area contributed by atoms with Crippen molar-refractivity contribution in [1.29, 1.82) is 0 Å². The van der Waals surface area contributed by atoms with Gasteiger partial charge in [-0.25, -0.2) is 0 Å². The molecule has 96 valence electrons. The number of aliphatic carboxylic acids is 1. The predicted molar refractivity (Wildman–Crippen MR) is 61.9 cm³/mol. The number of carboxylic acid groups (broad SMARTS) is 1. The van der Waals surface area contributed by atoms with E-state index in [0.29, 0.717) is 5.75 Å². The van der Waals surface area contributed by atoms with Crippen molar-refractivity contribution in [3.05, 3.63) is 29.8 Å². The smallest absolute Gasteiger partial charge is 0.320 e. The zero-order chi connectivity index (χ0) is 13.7. The monoisotopic (exact) mass is 251 g/mol. The van der Waals surface area contributed by atoms with Crippen LogP contribution in [0, 0.1) is 0 Å². The summed E-state index contributed by atoms with van der Waals surface area (Å²) in [5, 5.41) is 8.86. The molecule has 1 aromatic carbocycles. The van der Waals surface area contributed by atoms with Crippen molar-refractivity contribution in [2.24, 2.45) is 5.73 Å². The second kappa shape index (κ2) is 5.81. The molecule has 0 aliphatic heterocycles. The average molecular weight is 251 g/mol. The molecule has 0 aromatic heterocycles. The van der Waals surface area contributed by atoms with Crippen LogP contribution in [-0.4, -0.2) is 23.0 Å². The van der Waals surface area contributed by atoms with Gasteiger partial charge in [0.1, 0.15) is 5.75 Å². The minimum Gasteiger partial charge on any atom is -0.480 e. The zero-order valence-corrected chi connectivity index (χ0v) is 9.75. The van der Waals surface area contributed by atoms with Crippen molar-refractivity contribution in [3.63, 3.8) is 0 Å². The summed E-state index contributed by atoms with van der Waals surface area (Å²) in [6, 6.07) is 5.62. The van der Waals surface area contributed by atoms with Crippen LogP contribution in [0.5, 0.6) is 5.75 Å². The molecule has 0 heterocycles. The Bertz CT molecular complexity index is 452. The van der Waals surface area contributed by atoms with Gasteiger partial charge in [-0.3, -0.25) is 14.4 Å². The van der Waals surface area contributed by atoms with Crippen molar-refractivity contribution in [1.82, 2.24) is 0 Å². The van der Waals surface area contributed by atoms with Crippen LogP contribution in [0.3, 0.4) is 0 Å². The maximum atomic E-state index is 11.0. The lowest BCUT2D eigenvalue weighted by atomic mass is 9.99. The number of hydrogen-bond acceptors (Lipinski definition) is 4. The fraction of sp³-hybridized carbons (Fsp3) is 0.250. The number of rotatable bonds is 5. The van der Waals surface area contributed by atoms with Gasteiger partial charge < -0.3 is 15.6 Å². The highest BCUT2D eigenvalue weighted by Crippen LogP contribution is 2.20. The van der Waals surface area contributed by atoms with Gasteiger partial charge in [-0.1, -0.05) is 19.1 Å². The third kappa shape index (κ3) is 3.31. The Balaban J connectivity index is 2.90. The lowest BCUT2D eigenvalue weighted by molar-refractivity contribution is -0.142. The number of hydrogen-bond donors (Lipinski definition) is 2. The maximum absolute atomic E-state index is 11.0. The van der Waals surface area contributed by atoms with Gasteiger partial charge in [-0.15, -0.1) is 0 Å². The van der Waals surface area contributed by atoms with Crippen LogP contribution in [0.4, 0.5) is 0 Å². The van der Waals surface area contributed by atoms with E-state index in [2.05, 4.69) is 0 Å². The van der Waals surface area contributed by atoms with Crippen LogP contribution >= 0.6 is 0 Å². The second-order valence-electron chi connectivity index (χ2n) is 3.57. The lowest BCUT2D eigenvalue weighted by Gasteiger charge is -2.09. The molecule has 0 radical (unpaired) electrons. The molecule has 3 N–H and O–H groups in total. The van der Waals surface area contributed by atoms with Gasteiger partial charge >= 0.3 is 11.9 Å². The first-order valence-corrected chi connectivity index (χ1v) is 5.28. The molecule has 1 atom stereocenters. The summed E-state index contributed by atoms with van der Waals surface area (Å²) in [7, 11) is 0. The van der Waals surface area contributed by atoms with E-state index in [1.807, 2.05) is 0 Å². The van der Waals surface area contributed by atoms with Crippen LogP contribution in [-0.2, 0) is 14.4 Å². The summed E-state index contributed by atoms with van der Waals surface area (Å²) in [5.41, 5.74) is 5.25. The van der Waals surface area contributed by atoms with E-state index in [1.54, 1.807) is 6.92 Å². The summed E-state index contributed by atoms with van der Waals surface area (Å²) in [6.07, 6.45) is 0.237. The molecule has 0 saturated carbocycles. The standard InChI is InChI=1S/C12H13NO5/c1-2-9(14)18-8-5-3-7(4-6-8)10(11(13)15)12(16)17/h3-6,10H,2H2,1H3,(H2,13,15)(H,16,17). The summed E-state index contributed by atoms with van der Waals surface area (Å²) in [5.74, 6) is -3.77. The Kier molecular flexibility index (Phi) is 4.42. The number of amides is 1. The third-order valence-electron chi connectivity index (χ3n) is 2.27. The first kappa shape index (κ1) is 13.7. The lowest BCUT2D eigenvalue weighted by Crippen LogP contribution is -2.28. The topological polar surface area (TPSA) is 107 Å². The fourth-order valence-electron chi connectivity index (χ4n) is 1.36. The van der Waals surface area contributed by atoms with Crippen molar-refractivity contribution in [2.75, 3.05) is 0 Å². The number of primary amides is 1. The Hall–Kier alpha value is -2.37. The molecule has 0 fully saturated rings. The Morgan fingerprint density at radius 3 is 2.22 bits per heavy atom. The summed E-state index contributed by atoms with van der Waals surface area (Å²) in [6.45, 7) is 1.66. The number of carbonyl (C=O) groups excluding carboxylic acids is 2. The van der Waals surface area contributed by atoms with E-state index in [9.17, 15) is 14.4 Å². The zero-order valence-electron chi connectivity index (χ0n) is 9.75. The van der Waals surface area contributed by atoms with E-state index >= 15 is 0 Å². The number of benzene rings is 1. The normalized spacial score (nSPS) is 11.6. The molecular formula is C12H13NO5. The van der Waals surface area contributed by atoms with Crippen molar-refractivity contribution >= 4 is 17.8 Å². The van der Waals surface area contributed by atoms with Crippen LogP contribution in [0.25, 0.3) is 0 Å². The molecule has 6 nitrogen and oxygen atoms in total. The predicted octanol–water partition coefficient (Wildman–Crippen LogP) is 0.655.